The third-order valence-corrected chi connectivity index (χ3v) is 5.11. The number of rotatable bonds is 0. The Morgan fingerprint density at radius 3 is 2.71 bits per heavy atom. The van der Waals surface area contributed by atoms with E-state index in [4.69, 9.17) is 0 Å². The molecular formula is C16H23N. The van der Waals surface area contributed by atoms with Crippen LogP contribution in [0.5, 0.6) is 0 Å². The lowest BCUT2D eigenvalue weighted by Gasteiger charge is -2.52. The Morgan fingerprint density at radius 2 is 1.94 bits per heavy atom. The number of nitrogens with one attached hydrogen (secondary N) is 1. The van der Waals surface area contributed by atoms with Gasteiger partial charge < -0.3 is 5.32 Å². The molecule has 1 aliphatic heterocycles. The van der Waals surface area contributed by atoms with Crippen LogP contribution < -0.4 is 5.32 Å². The van der Waals surface area contributed by atoms with Gasteiger partial charge in [0.1, 0.15) is 0 Å². The van der Waals surface area contributed by atoms with Gasteiger partial charge in [0.05, 0.1) is 0 Å². The quantitative estimate of drug-likeness (QED) is 0.720. The fourth-order valence-corrected chi connectivity index (χ4v) is 3.81. The summed E-state index contributed by atoms with van der Waals surface area (Å²) in [4.78, 5) is 0. The number of piperidine rings is 1. The molecule has 1 heterocycles. The van der Waals surface area contributed by atoms with Crippen LogP contribution in [0.4, 0.5) is 0 Å². The molecule has 1 aromatic carbocycles. The molecule has 1 aliphatic carbocycles. The number of fused-ring (bicyclic) bond motifs is 4. The van der Waals surface area contributed by atoms with Crippen LogP contribution in [0, 0.1) is 6.92 Å². The zero-order valence-corrected chi connectivity index (χ0v) is 11.4. The third-order valence-electron chi connectivity index (χ3n) is 5.11. The van der Waals surface area contributed by atoms with Gasteiger partial charge in [0.2, 0.25) is 0 Å². The van der Waals surface area contributed by atoms with Crippen LogP contribution in [0.3, 0.4) is 0 Å². The topological polar surface area (TPSA) is 12.0 Å². The predicted molar refractivity (Wildman–Crippen MR) is 72.6 cm³/mol. The van der Waals surface area contributed by atoms with E-state index in [2.05, 4.69) is 51.2 Å². The van der Waals surface area contributed by atoms with Crippen molar-refractivity contribution in [2.24, 2.45) is 0 Å². The van der Waals surface area contributed by atoms with Crippen molar-refractivity contribution in [2.75, 3.05) is 6.54 Å². The maximum Gasteiger partial charge on any atom is 0.0167 e. The first-order valence-electron chi connectivity index (χ1n) is 6.78. The second-order valence-electron chi connectivity index (χ2n) is 6.79. The summed E-state index contributed by atoms with van der Waals surface area (Å²) in [6.45, 7) is 10.6. The molecule has 2 atom stereocenters. The molecule has 0 spiro atoms. The Kier molecular flexibility index (Phi) is 2.22. The summed E-state index contributed by atoms with van der Waals surface area (Å²) in [5.41, 5.74) is 5.24. The number of hydrogen-bond acceptors (Lipinski definition) is 1. The van der Waals surface area contributed by atoms with E-state index in [1.807, 2.05) is 0 Å². The van der Waals surface area contributed by atoms with Crippen LogP contribution in [-0.4, -0.2) is 12.6 Å². The third kappa shape index (κ3) is 1.48. The Bertz CT molecular complexity index is 461. The second kappa shape index (κ2) is 3.35. The molecule has 1 nitrogen and oxygen atoms in total. The van der Waals surface area contributed by atoms with Gasteiger partial charge in [-0.15, -0.1) is 0 Å². The van der Waals surface area contributed by atoms with Crippen molar-refractivity contribution >= 4 is 0 Å². The van der Waals surface area contributed by atoms with E-state index >= 15 is 0 Å². The molecule has 1 aromatic rings. The maximum atomic E-state index is 3.72. The molecular weight excluding hydrogens is 206 g/mol. The Balaban J connectivity index is 2.25. The lowest BCUT2D eigenvalue weighted by atomic mass is 9.57. The van der Waals surface area contributed by atoms with E-state index in [1.165, 1.54) is 18.4 Å². The molecule has 17 heavy (non-hydrogen) atoms. The summed E-state index contributed by atoms with van der Waals surface area (Å²) < 4.78 is 0. The molecule has 92 valence electrons. The fraction of sp³-hybridized carbons (Fsp3) is 0.625. The van der Waals surface area contributed by atoms with Crippen LogP contribution >= 0.6 is 0 Å². The Morgan fingerprint density at radius 1 is 1.18 bits per heavy atom. The zero-order valence-electron chi connectivity index (χ0n) is 11.4. The van der Waals surface area contributed by atoms with Crippen molar-refractivity contribution < 1.29 is 0 Å². The van der Waals surface area contributed by atoms with Crippen molar-refractivity contribution in [2.45, 2.75) is 57.4 Å². The predicted octanol–water partition coefficient (Wildman–Crippen LogP) is 3.30. The van der Waals surface area contributed by atoms with Crippen molar-refractivity contribution in [1.82, 2.24) is 5.32 Å². The summed E-state index contributed by atoms with van der Waals surface area (Å²) in [7, 11) is 0. The summed E-state index contributed by atoms with van der Waals surface area (Å²) in [5, 5.41) is 3.72. The first-order valence-corrected chi connectivity index (χ1v) is 6.78. The smallest absolute Gasteiger partial charge is 0.0167 e. The van der Waals surface area contributed by atoms with Gasteiger partial charge in [-0.2, -0.15) is 0 Å². The number of benzene rings is 1. The van der Waals surface area contributed by atoms with Gasteiger partial charge >= 0.3 is 0 Å². The first kappa shape index (κ1) is 11.3. The molecule has 1 fully saturated rings. The summed E-state index contributed by atoms with van der Waals surface area (Å²) in [6.07, 6.45) is 2.56. The van der Waals surface area contributed by atoms with E-state index in [9.17, 15) is 0 Å². The highest BCUT2D eigenvalue weighted by Gasteiger charge is 2.47. The molecule has 0 amide bonds. The first-order chi connectivity index (χ1) is 7.93. The Labute approximate surface area is 105 Å². The second-order valence-corrected chi connectivity index (χ2v) is 6.79. The van der Waals surface area contributed by atoms with Gasteiger partial charge in [0, 0.05) is 11.5 Å². The molecule has 1 heteroatoms. The van der Waals surface area contributed by atoms with Crippen molar-refractivity contribution in [3.8, 4) is 0 Å². The van der Waals surface area contributed by atoms with Gasteiger partial charge in [-0.25, -0.2) is 0 Å². The molecule has 1 saturated heterocycles. The van der Waals surface area contributed by atoms with Crippen LogP contribution in [-0.2, 0) is 10.8 Å². The average molecular weight is 229 g/mol. The molecule has 0 saturated carbocycles. The minimum atomic E-state index is 0.267. The van der Waals surface area contributed by atoms with E-state index < -0.39 is 0 Å². The number of hydrogen-bond donors (Lipinski definition) is 1. The van der Waals surface area contributed by atoms with Gasteiger partial charge in [-0.05, 0) is 42.9 Å². The largest absolute Gasteiger partial charge is 0.313 e. The van der Waals surface area contributed by atoms with Crippen LogP contribution in [0.25, 0.3) is 0 Å². The van der Waals surface area contributed by atoms with Gasteiger partial charge in [-0.1, -0.05) is 44.5 Å². The average Bonchev–Trinajstić information content (AvgIpc) is 2.27. The van der Waals surface area contributed by atoms with Gasteiger partial charge in [0.15, 0.2) is 0 Å². The van der Waals surface area contributed by atoms with Crippen LogP contribution in [0.1, 0.15) is 50.3 Å². The molecule has 2 aliphatic rings. The van der Waals surface area contributed by atoms with Crippen molar-refractivity contribution in [3.63, 3.8) is 0 Å². The number of aryl methyl sites for hydroxylation is 1. The lowest BCUT2D eigenvalue weighted by molar-refractivity contribution is 0.179. The zero-order chi connectivity index (χ0) is 12.3. The van der Waals surface area contributed by atoms with E-state index in [-0.39, 0.29) is 5.41 Å². The Hall–Kier alpha value is -0.820. The minimum absolute atomic E-state index is 0.267. The SMILES string of the molecule is Cc1ccc2c(c1)C1(C)CCNC(C1)C2(C)C. The highest BCUT2D eigenvalue weighted by atomic mass is 15.0. The van der Waals surface area contributed by atoms with Crippen molar-refractivity contribution in [3.05, 3.63) is 34.9 Å². The van der Waals surface area contributed by atoms with Gasteiger partial charge in [-0.3, -0.25) is 0 Å². The summed E-state index contributed by atoms with van der Waals surface area (Å²) >= 11 is 0. The molecule has 2 bridgehead atoms. The highest BCUT2D eigenvalue weighted by molar-refractivity contribution is 5.46. The summed E-state index contributed by atoms with van der Waals surface area (Å²) in [5.74, 6) is 0. The van der Waals surface area contributed by atoms with Crippen LogP contribution in [0.2, 0.25) is 0 Å². The lowest BCUT2D eigenvalue weighted by Crippen LogP contribution is -2.57. The maximum absolute atomic E-state index is 3.72. The molecule has 0 radical (unpaired) electrons. The fourth-order valence-electron chi connectivity index (χ4n) is 3.81. The normalized spacial score (nSPS) is 34.2. The highest BCUT2D eigenvalue weighted by Crippen LogP contribution is 2.49. The van der Waals surface area contributed by atoms with E-state index in [1.54, 1.807) is 11.1 Å². The van der Waals surface area contributed by atoms with Gasteiger partial charge in [0.25, 0.3) is 0 Å². The monoisotopic (exact) mass is 229 g/mol. The summed E-state index contributed by atoms with van der Waals surface area (Å²) in [6, 6.07) is 7.70. The van der Waals surface area contributed by atoms with E-state index in [0.29, 0.717) is 11.5 Å². The molecule has 2 unspecified atom stereocenters. The molecule has 0 aromatic heterocycles. The van der Waals surface area contributed by atoms with Crippen molar-refractivity contribution in [1.29, 1.82) is 0 Å². The van der Waals surface area contributed by atoms with E-state index in [0.717, 1.165) is 6.54 Å². The molecule has 3 rings (SSSR count). The minimum Gasteiger partial charge on any atom is -0.313 e. The van der Waals surface area contributed by atoms with Crippen LogP contribution in [0.15, 0.2) is 18.2 Å². The molecule has 1 N–H and O–H groups in total. The standard InChI is InChI=1S/C16H23N/c1-11-5-6-12-13(9-11)16(4)7-8-17-14(10-16)15(12,2)3/h5-6,9,14,17H,7-8,10H2,1-4H3.